The van der Waals surface area contributed by atoms with Crippen molar-refractivity contribution in [3.05, 3.63) is 78.2 Å². The molecule has 2 heterocycles. The van der Waals surface area contributed by atoms with Gasteiger partial charge in [0.05, 0.1) is 30.5 Å². The van der Waals surface area contributed by atoms with Crippen LogP contribution in [0.25, 0.3) is 17.3 Å². The molecule has 0 saturated carbocycles. The molecule has 1 saturated heterocycles. The van der Waals surface area contributed by atoms with Gasteiger partial charge in [-0.2, -0.15) is 5.26 Å². The quantitative estimate of drug-likeness (QED) is 0.554. The van der Waals surface area contributed by atoms with Crippen LogP contribution in [0.5, 0.6) is 5.75 Å². The fourth-order valence-corrected chi connectivity index (χ4v) is 4.96. The van der Waals surface area contributed by atoms with Gasteiger partial charge in [-0.3, -0.25) is 14.2 Å². The fourth-order valence-electron chi connectivity index (χ4n) is 3.70. The first-order valence-corrected chi connectivity index (χ1v) is 11.8. The first-order valence-electron chi connectivity index (χ1n) is 10.6. The van der Waals surface area contributed by atoms with Gasteiger partial charge in [-0.05, 0) is 48.4 Å². The van der Waals surface area contributed by atoms with E-state index < -0.39 is 5.91 Å². The maximum atomic E-state index is 13.6. The molecule has 2 aromatic carbocycles. The highest BCUT2D eigenvalue weighted by Gasteiger charge is 2.24. The van der Waals surface area contributed by atoms with Gasteiger partial charge >= 0.3 is 0 Å². The van der Waals surface area contributed by atoms with Crippen LogP contribution >= 0.6 is 22.9 Å². The Morgan fingerprint density at radius 2 is 1.97 bits per heavy atom. The number of nitrogens with zero attached hydrogens (tertiary/aromatic N) is 3. The smallest absolute Gasteiger partial charge is 0.273 e. The number of ether oxygens (including phenoxy) is 2. The van der Waals surface area contributed by atoms with Gasteiger partial charge in [-0.25, -0.2) is 0 Å². The van der Waals surface area contributed by atoms with Gasteiger partial charge in [0.25, 0.3) is 11.5 Å². The van der Waals surface area contributed by atoms with E-state index in [1.807, 2.05) is 24.3 Å². The Kier molecular flexibility index (Phi) is 7.17. The van der Waals surface area contributed by atoms with Crippen LogP contribution in [-0.2, 0) is 9.53 Å². The maximum Gasteiger partial charge on any atom is 0.273 e. The first-order chi connectivity index (χ1) is 16.4. The predicted octanol–water partition coefficient (Wildman–Crippen LogP) is 2.23. The van der Waals surface area contributed by atoms with Gasteiger partial charge < -0.3 is 14.4 Å². The van der Waals surface area contributed by atoms with E-state index >= 15 is 0 Å². The van der Waals surface area contributed by atoms with E-state index in [9.17, 15) is 14.9 Å². The van der Waals surface area contributed by atoms with Gasteiger partial charge in [0.1, 0.15) is 16.5 Å². The van der Waals surface area contributed by atoms with E-state index in [2.05, 4.69) is 6.07 Å². The Balaban J connectivity index is 2.03. The number of nitriles is 1. The zero-order valence-electron chi connectivity index (χ0n) is 18.7. The van der Waals surface area contributed by atoms with Crippen molar-refractivity contribution >= 4 is 40.5 Å². The number of rotatable bonds is 4. The number of halogens is 1. The lowest BCUT2D eigenvalue weighted by Crippen LogP contribution is -2.42. The molecular weight excluding hydrogens is 474 g/mol. The largest absolute Gasteiger partial charge is 0.497 e. The number of carbonyl (C=O) groups is 1. The molecule has 0 spiro atoms. The van der Waals surface area contributed by atoms with E-state index in [0.29, 0.717) is 52.9 Å². The molecule has 9 heteroatoms. The van der Waals surface area contributed by atoms with E-state index in [0.717, 1.165) is 16.9 Å². The second kappa shape index (κ2) is 10.3. The van der Waals surface area contributed by atoms with E-state index in [-0.39, 0.29) is 15.8 Å². The minimum absolute atomic E-state index is 0.0892. The minimum atomic E-state index is -0.423. The van der Waals surface area contributed by atoms with Crippen molar-refractivity contribution in [1.82, 2.24) is 9.47 Å². The number of hydrogen-bond acceptors (Lipinski definition) is 6. The van der Waals surface area contributed by atoms with E-state index in [4.69, 9.17) is 21.1 Å². The summed E-state index contributed by atoms with van der Waals surface area (Å²) in [6, 6.07) is 14.6. The topological polar surface area (TPSA) is 84.6 Å². The fraction of sp³-hybridized carbons (Fsp3) is 0.240. The molecule has 0 bridgehead atoms. The molecule has 0 radical (unpaired) electrons. The number of benzene rings is 2. The Bertz CT molecular complexity index is 1460. The standard InChI is InChI=1S/C25H22ClN3O4S/c1-16-20(26)7-4-8-21(16)29-24(31)22(14-17-5-3-6-18(13-17)32-2)34-25(29)19(15-27)23(30)28-9-11-33-12-10-28/h3-8,13-14H,9-12H2,1-2H3. The summed E-state index contributed by atoms with van der Waals surface area (Å²) in [5, 5.41) is 10.5. The number of methoxy groups -OCH3 is 1. The molecule has 3 aromatic rings. The molecule has 0 atom stereocenters. The summed E-state index contributed by atoms with van der Waals surface area (Å²) in [5.41, 5.74) is 1.53. The molecule has 34 heavy (non-hydrogen) atoms. The van der Waals surface area contributed by atoms with Crippen LogP contribution in [0.2, 0.25) is 5.02 Å². The molecule has 7 nitrogen and oxygen atoms in total. The van der Waals surface area contributed by atoms with Gasteiger partial charge in [-0.15, -0.1) is 11.3 Å². The van der Waals surface area contributed by atoms with Gasteiger partial charge in [-0.1, -0.05) is 29.8 Å². The van der Waals surface area contributed by atoms with Crippen LogP contribution in [0.3, 0.4) is 0 Å². The molecule has 1 aromatic heterocycles. The lowest BCUT2D eigenvalue weighted by atomic mass is 10.2. The van der Waals surface area contributed by atoms with Crippen molar-refractivity contribution in [2.75, 3.05) is 33.4 Å². The molecule has 4 rings (SSSR count). The first kappa shape index (κ1) is 23.8. The summed E-state index contributed by atoms with van der Waals surface area (Å²) in [5.74, 6) is 0.233. The number of thiazole rings is 1. The number of hydrogen-bond donors (Lipinski definition) is 0. The second-order valence-electron chi connectivity index (χ2n) is 7.61. The third kappa shape index (κ3) is 4.64. The average Bonchev–Trinajstić information content (AvgIpc) is 3.17. The highest BCUT2D eigenvalue weighted by molar-refractivity contribution is 7.07. The van der Waals surface area contributed by atoms with Gasteiger partial charge in [0.15, 0.2) is 5.57 Å². The maximum absolute atomic E-state index is 13.6. The molecule has 1 aliphatic rings. The Labute approximate surface area is 205 Å². The van der Waals surface area contributed by atoms with Gasteiger partial charge in [0, 0.05) is 18.1 Å². The van der Waals surface area contributed by atoms with Crippen molar-refractivity contribution in [3.63, 3.8) is 0 Å². The average molecular weight is 496 g/mol. The van der Waals surface area contributed by atoms with Crippen molar-refractivity contribution in [2.45, 2.75) is 6.92 Å². The summed E-state index contributed by atoms with van der Waals surface area (Å²) in [7, 11) is 1.57. The Morgan fingerprint density at radius 3 is 2.68 bits per heavy atom. The van der Waals surface area contributed by atoms with E-state index in [1.165, 1.54) is 4.57 Å². The molecule has 0 aliphatic carbocycles. The summed E-state index contributed by atoms with van der Waals surface area (Å²) in [4.78, 5) is 28.5. The summed E-state index contributed by atoms with van der Waals surface area (Å²) in [6.07, 6.45) is 1.73. The normalized spacial score (nSPS) is 15.1. The summed E-state index contributed by atoms with van der Waals surface area (Å²) < 4.78 is 12.7. The van der Waals surface area contributed by atoms with Crippen molar-refractivity contribution < 1.29 is 14.3 Å². The molecule has 174 valence electrons. The van der Waals surface area contributed by atoms with Crippen LogP contribution < -0.4 is 19.5 Å². The van der Waals surface area contributed by atoms with Gasteiger partial charge in [0.2, 0.25) is 0 Å². The third-order valence-corrected chi connectivity index (χ3v) is 7.03. The lowest BCUT2D eigenvalue weighted by molar-refractivity contribution is -0.128. The number of carbonyl (C=O) groups excluding carboxylic acids is 1. The van der Waals surface area contributed by atoms with Crippen molar-refractivity contribution in [3.8, 4) is 17.5 Å². The lowest BCUT2D eigenvalue weighted by Gasteiger charge is -2.26. The van der Waals surface area contributed by atoms with Crippen LogP contribution in [0.4, 0.5) is 0 Å². The zero-order valence-corrected chi connectivity index (χ0v) is 20.3. The number of aromatic nitrogens is 1. The number of amides is 1. The molecule has 1 amide bonds. The molecule has 1 aliphatic heterocycles. The monoisotopic (exact) mass is 495 g/mol. The third-order valence-electron chi connectivity index (χ3n) is 5.53. The molecule has 1 fully saturated rings. The number of morpholine rings is 1. The predicted molar refractivity (Wildman–Crippen MR) is 132 cm³/mol. The molecule has 0 unspecified atom stereocenters. The highest BCUT2D eigenvalue weighted by atomic mass is 35.5. The molecular formula is C25H22ClN3O4S. The van der Waals surface area contributed by atoms with Crippen LogP contribution in [0, 0.1) is 18.3 Å². The van der Waals surface area contributed by atoms with Crippen LogP contribution in [-0.4, -0.2) is 48.8 Å². The summed E-state index contributed by atoms with van der Waals surface area (Å²) in [6.45, 7) is 3.39. The zero-order chi connectivity index (χ0) is 24.2. The second-order valence-corrected chi connectivity index (χ2v) is 9.05. The SMILES string of the molecule is COc1cccc(C=c2sc(=C(C#N)C(=O)N3CCOCC3)n(-c3cccc(Cl)c3C)c2=O)c1. The Morgan fingerprint density at radius 1 is 1.24 bits per heavy atom. The van der Waals surface area contributed by atoms with Crippen molar-refractivity contribution in [2.24, 2.45) is 0 Å². The van der Waals surface area contributed by atoms with Crippen LogP contribution in [0.15, 0.2) is 47.3 Å². The van der Waals surface area contributed by atoms with E-state index in [1.54, 1.807) is 43.2 Å². The highest BCUT2D eigenvalue weighted by Crippen LogP contribution is 2.21. The van der Waals surface area contributed by atoms with Crippen LogP contribution in [0.1, 0.15) is 11.1 Å². The summed E-state index contributed by atoms with van der Waals surface area (Å²) >= 11 is 7.44. The van der Waals surface area contributed by atoms with Crippen molar-refractivity contribution in [1.29, 1.82) is 5.26 Å². The molecule has 0 N–H and O–H groups in total. The minimum Gasteiger partial charge on any atom is -0.497 e. The Hall–Kier alpha value is -3.38.